The summed E-state index contributed by atoms with van der Waals surface area (Å²) in [6, 6.07) is 13.1. The summed E-state index contributed by atoms with van der Waals surface area (Å²) in [5.74, 6) is -0.793. The summed E-state index contributed by atoms with van der Waals surface area (Å²) in [7, 11) is 1.57. The predicted molar refractivity (Wildman–Crippen MR) is 98.2 cm³/mol. The smallest absolute Gasteiger partial charge is 0.265 e. The number of aromatic nitrogens is 1. The van der Waals surface area contributed by atoms with Crippen LogP contribution in [0.3, 0.4) is 0 Å². The van der Waals surface area contributed by atoms with Crippen molar-refractivity contribution >= 4 is 28.3 Å². The molecule has 25 heavy (non-hydrogen) atoms. The van der Waals surface area contributed by atoms with Crippen molar-refractivity contribution in [3.8, 4) is 5.75 Å². The first kappa shape index (κ1) is 17.2. The molecule has 0 unspecified atom stereocenters. The summed E-state index contributed by atoms with van der Waals surface area (Å²) in [4.78, 5) is 25.2. The topological polar surface area (TPSA) is 85.3 Å². The third kappa shape index (κ3) is 3.16. The normalized spacial score (nSPS) is 12.3. The number of halogens is 1. The maximum atomic E-state index is 12.7. The van der Waals surface area contributed by atoms with Gasteiger partial charge in [-0.05, 0) is 29.8 Å². The Morgan fingerprint density at radius 3 is 2.52 bits per heavy atom. The van der Waals surface area contributed by atoms with E-state index in [9.17, 15) is 14.7 Å². The standard InChI is InChI=1S/C19H17ClN2O3/c1-22-15-5-3-2-4-13(15)18(24)17(19(22)25)16(23)10-14(21)11-6-8-12(20)9-7-11/h2-9,14,24H,10,21H2,1H3/t14-/m1/s1. The fraction of sp³-hybridized carbons (Fsp3) is 0.158. The van der Waals surface area contributed by atoms with Gasteiger partial charge in [-0.3, -0.25) is 9.59 Å². The van der Waals surface area contributed by atoms with E-state index < -0.39 is 17.4 Å². The van der Waals surface area contributed by atoms with Crippen molar-refractivity contribution < 1.29 is 9.90 Å². The molecule has 0 spiro atoms. The van der Waals surface area contributed by atoms with Gasteiger partial charge in [0.1, 0.15) is 11.3 Å². The number of pyridine rings is 1. The fourth-order valence-corrected chi connectivity index (χ4v) is 2.99. The maximum absolute atomic E-state index is 12.7. The first-order chi connectivity index (χ1) is 11.9. The van der Waals surface area contributed by atoms with E-state index in [1.807, 2.05) is 0 Å². The summed E-state index contributed by atoms with van der Waals surface area (Å²) >= 11 is 5.85. The number of para-hydroxylation sites is 1. The molecule has 0 aliphatic rings. The number of rotatable bonds is 4. The number of aryl methyl sites for hydroxylation is 1. The number of carbonyl (C=O) groups is 1. The minimum atomic E-state index is -0.597. The van der Waals surface area contributed by atoms with Crippen molar-refractivity contribution in [1.82, 2.24) is 4.57 Å². The number of nitrogens with two attached hydrogens (primary N) is 1. The molecule has 2 aromatic carbocycles. The molecule has 0 radical (unpaired) electrons. The molecule has 1 aromatic heterocycles. The van der Waals surface area contributed by atoms with Crippen LogP contribution in [0.5, 0.6) is 5.75 Å². The summed E-state index contributed by atoms with van der Waals surface area (Å²) < 4.78 is 1.36. The van der Waals surface area contributed by atoms with Crippen molar-refractivity contribution in [1.29, 1.82) is 0 Å². The second-order valence-electron chi connectivity index (χ2n) is 5.89. The molecule has 5 nitrogen and oxygen atoms in total. The van der Waals surface area contributed by atoms with Crippen molar-refractivity contribution in [3.05, 3.63) is 75.0 Å². The number of ketones is 1. The van der Waals surface area contributed by atoms with E-state index in [0.717, 1.165) is 5.56 Å². The van der Waals surface area contributed by atoms with Crippen molar-refractivity contribution in [2.24, 2.45) is 12.8 Å². The highest BCUT2D eigenvalue weighted by atomic mass is 35.5. The zero-order valence-electron chi connectivity index (χ0n) is 13.6. The van der Waals surface area contributed by atoms with Crippen LogP contribution in [0.25, 0.3) is 10.9 Å². The minimum Gasteiger partial charge on any atom is -0.506 e. The van der Waals surface area contributed by atoms with Crippen LogP contribution < -0.4 is 11.3 Å². The monoisotopic (exact) mass is 356 g/mol. The van der Waals surface area contributed by atoms with E-state index in [1.54, 1.807) is 55.6 Å². The van der Waals surface area contributed by atoms with Crippen LogP contribution in [-0.2, 0) is 7.05 Å². The minimum absolute atomic E-state index is 0.0945. The Balaban J connectivity index is 2.00. The largest absolute Gasteiger partial charge is 0.506 e. The molecule has 0 saturated heterocycles. The summed E-state index contributed by atoms with van der Waals surface area (Å²) in [5.41, 5.74) is 6.60. The number of hydrogen-bond acceptors (Lipinski definition) is 4. The lowest BCUT2D eigenvalue weighted by Crippen LogP contribution is -2.27. The van der Waals surface area contributed by atoms with Crippen LogP contribution in [0.2, 0.25) is 5.02 Å². The lowest BCUT2D eigenvalue weighted by Gasteiger charge is -2.14. The van der Waals surface area contributed by atoms with E-state index in [4.69, 9.17) is 17.3 Å². The average Bonchev–Trinajstić information content (AvgIpc) is 2.60. The Bertz CT molecular complexity index is 1010. The number of carbonyl (C=O) groups excluding carboxylic acids is 1. The van der Waals surface area contributed by atoms with Gasteiger partial charge in [0.25, 0.3) is 5.56 Å². The highest BCUT2D eigenvalue weighted by molar-refractivity contribution is 6.30. The lowest BCUT2D eigenvalue weighted by atomic mass is 9.97. The molecular weight excluding hydrogens is 340 g/mol. The summed E-state index contributed by atoms with van der Waals surface area (Å²) in [5, 5.41) is 11.5. The summed E-state index contributed by atoms with van der Waals surface area (Å²) in [6.45, 7) is 0. The molecule has 3 aromatic rings. The average molecular weight is 357 g/mol. The Hall–Kier alpha value is -2.63. The molecular formula is C19H17ClN2O3. The Kier molecular flexibility index (Phi) is 4.61. The van der Waals surface area contributed by atoms with Gasteiger partial charge in [0.05, 0.1) is 5.52 Å². The fourth-order valence-electron chi connectivity index (χ4n) is 2.86. The first-order valence-corrected chi connectivity index (χ1v) is 8.13. The van der Waals surface area contributed by atoms with Gasteiger partial charge in [0.2, 0.25) is 0 Å². The Morgan fingerprint density at radius 1 is 1.20 bits per heavy atom. The molecule has 0 amide bonds. The Morgan fingerprint density at radius 2 is 1.84 bits per heavy atom. The maximum Gasteiger partial charge on any atom is 0.265 e. The first-order valence-electron chi connectivity index (χ1n) is 7.75. The molecule has 6 heteroatoms. The molecule has 128 valence electrons. The van der Waals surface area contributed by atoms with Crippen molar-refractivity contribution in [3.63, 3.8) is 0 Å². The second kappa shape index (κ2) is 6.70. The molecule has 0 saturated carbocycles. The van der Waals surface area contributed by atoms with Gasteiger partial charge in [0.15, 0.2) is 5.78 Å². The zero-order valence-corrected chi connectivity index (χ0v) is 14.3. The van der Waals surface area contributed by atoms with E-state index in [2.05, 4.69) is 0 Å². The van der Waals surface area contributed by atoms with E-state index in [1.165, 1.54) is 4.57 Å². The zero-order chi connectivity index (χ0) is 18.1. The third-order valence-electron chi connectivity index (χ3n) is 4.26. The van der Waals surface area contributed by atoms with Gasteiger partial charge in [0, 0.05) is 29.9 Å². The van der Waals surface area contributed by atoms with Crippen LogP contribution >= 0.6 is 11.6 Å². The second-order valence-corrected chi connectivity index (χ2v) is 6.33. The van der Waals surface area contributed by atoms with Crippen LogP contribution in [0.4, 0.5) is 0 Å². The lowest BCUT2D eigenvalue weighted by molar-refractivity contribution is 0.0970. The van der Waals surface area contributed by atoms with Crippen LogP contribution in [-0.4, -0.2) is 15.5 Å². The number of benzene rings is 2. The number of fused-ring (bicyclic) bond motifs is 1. The number of nitrogens with zero attached hydrogens (tertiary/aromatic N) is 1. The molecule has 0 bridgehead atoms. The van der Waals surface area contributed by atoms with E-state index in [0.29, 0.717) is 15.9 Å². The molecule has 3 N–H and O–H groups in total. The predicted octanol–water partition coefficient (Wildman–Crippen LogP) is 3.17. The third-order valence-corrected chi connectivity index (χ3v) is 4.51. The van der Waals surface area contributed by atoms with Crippen LogP contribution in [0, 0.1) is 0 Å². The van der Waals surface area contributed by atoms with E-state index in [-0.39, 0.29) is 17.7 Å². The quantitative estimate of drug-likeness (QED) is 0.703. The highest BCUT2D eigenvalue weighted by Crippen LogP contribution is 2.28. The van der Waals surface area contributed by atoms with Gasteiger partial charge < -0.3 is 15.4 Å². The van der Waals surface area contributed by atoms with Gasteiger partial charge in [-0.1, -0.05) is 35.9 Å². The molecule has 1 heterocycles. The van der Waals surface area contributed by atoms with Gasteiger partial charge >= 0.3 is 0 Å². The molecule has 0 aliphatic heterocycles. The Labute approximate surface area is 149 Å². The van der Waals surface area contributed by atoms with Gasteiger partial charge in [-0.15, -0.1) is 0 Å². The van der Waals surface area contributed by atoms with Crippen LogP contribution in [0.1, 0.15) is 28.4 Å². The van der Waals surface area contributed by atoms with Gasteiger partial charge in [-0.2, -0.15) is 0 Å². The highest BCUT2D eigenvalue weighted by Gasteiger charge is 2.23. The molecule has 0 fully saturated rings. The van der Waals surface area contributed by atoms with E-state index >= 15 is 0 Å². The number of Topliss-reactive ketones (excluding diaryl/α,β-unsaturated/α-hetero) is 1. The summed E-state index contributed by atoms with van der Waals surface area (Å²) in [6.07, 6.45) is -0.0945. The number of aromatic hydroxyl groups is 1. The van der Waals surface area contributed by atoms with Crippen molar-refractivity contribution in [2.45, 2.75) is 12.5 Å². The molecule has 1 atom stereocenters. The van der Waals surface area contributed by atoms with Crippen molar-refractivity contribution in [2.75, 3.05) is 0 Å². The number of hydrogen-bond donors (Lipinski definition) is 2. The SMILES string of the molecule is Cn1c(=O)c(C(=O)C[C@@H](N)c2ccc(Cl)cc2)c(O)c2ccccc21. The molecule has 3 rings (SSSR count). The van der Waals surface area contributed by atoms with Gasteiger partial charge in [-0.25, -0.2) is 0 Å². The van der Waals surface area contributed by atoms with Crippen LogP contribution in [0.15, 0.2) is 53.3 Å². The molecule has 0 aliphatic carbocycles.